The van der Waals surface area contributed by atoms with Gasteiger partial charge >= 0.3 is 0 Å². The highest BCUT2D eigenvalue weighted by molar-refractivity contribution is 6.07. The Labute approximate surface area is 97.4 Å². The van der Waals surface area contributed by atoms with Gasteiger partial charge < -0.3 is 0 Å². The summed E-state index contributed by atoms with van der Waals surface area (Å²) in [6, 6.07) is 17.6. The van der Waals surface area contributed by atoms with E-state index < -0.39 is 0 Å². The minimum atomic E-state index is -0.321. The number of non-ortho nitro benzene ring substituents is 1. The number of benzene rings is 3. The molecule has 0 aliphatic carbocycles. The summed E-state index contributed by atoms with van der Waals surface area (Å²) < 4.78 is 0. The number of nitro benzene ring substituents is 1. The van der Waals surface area contributed by atoms with Crippen LogP contribution in [0.2, 0.25) is 0 Å². The van der Waals surface area contributed by atoms with E-state index in [0.717, 1.165) is 10.8 Å². The fraction of sp³-hybridized carbons (Fsp3) is 0. The lowest BCUT2D eigenvalue weighted by Gasteiger charge is -2.03. The molecule has 0 aromatic heterocycles. The molecule has 0 heterocycles. The number of rotatable bonds is 1. The smallest absolute Gasteiger partial charge is 0.258 e. The predicted octanol–water partition coefficient (Wildman–Crippen LogP) is 3.70. The van der Waals surface area contributed by atoms with Crippen molar-refractivity contribution in [1.29, 1.82) is 0 Å². The summed E-state index contributed by atoms with van der Waals surface area (Å²) in [7, 11) is 0. The zero-order chi connectivity index (χ0) is 11.8. The van der Waals surface area contributed by atoms with Crippen molar-refractivity contribution in [2.45, 2.75) is 0 Å². The fourth-order valence-electron chi connectivity index (χ4n) is 2.11. The van der Waals surface area contributed by atoms with E-state index in [2.05, 4.69) is 6.07 Å². The number of hydrogen-bond acceptors (Lipinski definition) is 2. The molecule has 3 aromatic rings. The second-order valence-corrected chi connectivity index (χ2v) is 3.83. The van der Waals surface area contributed by atoms with E-state index in [1.807, 2.05) is 24.3 Å². The largest absolute Gasteiger partial charge is 0.284 e. The van der Waals surface area contributed by atoms with E-state index in [1.54, 1.807) is 24.3 Å². The Morgan fingerprint density at radius 1 is 1.06 bits per heavy atom. The Morgan fingerprint density at radius 3 is 2.65 bits per heavy atom. The van der Waals surface area contributed by atoms with Crippen molar-refractivity contribution in [2.24, 2.45) is 0 Å². The fourth-order valence-corrected chi connectivity index (χ4v) is 2.11. The summed E-state index contributed by atoms with van der Waals surface area (Å²) in [4.78, 5) is 10.9. The number of hydrogen-bond donors (Lipinski definition) is 0. The van der Waals surface area contributed by atoms with Crippen molar-refractivity contribution < 1.29 is 4.92 Å². The summed E-state index contributed by atoms with van der Waals surface area (Å²) in [5.74, 6) is 0. The van der Waals surface area contributed by atoms with Gasteiger partial charge in [0.25, 0.3) is 5.69 Å². The first kappa shape index (κ1) is 9.78. The van der Waals surface area contributed by atoms with Crippen molar-refractivity contribution in [3.05, 3.63) is 64.7 Å². The third-order valence-corrected chi connectivity index (χ3v) is 2.84. The summed E-state index contributed by atoms with van der Waals surface area (Å²) in [6.07, 6.45) is 0. The summed E-state index contributed by atoms with van der Waals surface area (Å²) in [5.41, 5.74) is 0.162. The maximum Gasteiger partial charge on any atom is 0.284 e. The van der Waals surface area contributed by atoms with Crippen LogP contribution in [0.4, 0.5) is 5.69 Å². The van der Waals surface area contributed by atoms with Crippen LogP contribution in [0.15, 0.2) is 48.5 Å². The molecular weight excluding hydrogens is 214 g/mol. The first-order chi connectivity index (χ1) is 8.27. The first-order valence-corrected chi connectivity index (χ1v) is 5.24. The highest BCUT2D eigenvalue weighted by Gasteiger charge is 2.16. The van der Waals surface area contributed by atoms with Crippen LogP contribution in [0.5, 0.6) is 0 Å². The Balaban J connectivity index is 2.61. The van der Waals surface area contributed by atoms with E-state index in [1.165, 1.54) is 0 Å². The van der Waals surface area contributed by atoms with E-state index in [4.69, 9.17) is 0 Å². The van der Waals surface area contributed by atoms with Crippen LogP contribution in [-0.2, 0) is 0 Å². The van der Waals surface area contributed by atoms with Crippen LogP contribution >= 0.6 is 0 Å². The monoisotopic (exact) mass is 222 g/mol. The average Bonchev–Trinajstić information content (AvgIpc) is 2.35. The Hall–Kier alpha value is -2.42. The molecule has 0 bridgehead atoms. The molecule has 3 rings (SSSR count). The lowest BCUT2D eigenvalue weighted by molar-refractivity contribution is -0.381. The van der Waals surface area contributed by atoms with Crippen LogP contribution in [0.3, 0.4) is 0 Å². The molecule has 0 fully saturated rings. The summed E-state index contributed by atoms with van der Waals surface area (Å²) in [6.45, 7) is 0. The van der Waals surface area contributed by atoms with Crippen molar-refractivity contribution >= 4 is 27.2 Å². The van der Waals surface area contributed by atoms with Crippen LogP contribution in [0.1, 0.15) is 0 Å². The van der Waals surface area contributed by atoms with Crippen LogP contribution in [0.25, 0.3) is 21.5 Å². The van der Waals surface area contributed by atoms with Crippen LogP contribution < -0.4 is 0 Å². The topological polar surface area (TPSA) is 43.1 Å². The molecule has 0 saturated carbocycles. The normalized spacial score (nSPS) is 10.8. The Kier molecular flexibility index (Phi) is 2.05. The molecule has 0 aliphatic rings. The molecule has 1 radical (unpaired) electrons. The zero-order valence-electron chi connectivity index (χ0n) is 8.88. The highest BCUT2D eigenvalue weighted by atomic mass is 16.6. The SMILES string of the molecule is O=[N+]([O-])c1c2ccc[c]c2cc2ccccc12. The molecule has 0 N–H and O–H groups in total. The minimum Gasteiger partial charge on any atom is -0.258 e. The van der Waals surface area contributed by atoms with Gasteiger partial charge in [0, 0.05) is 0 Å². The molecular formula is C14H8NO2. The lowest BCUT2D eigenvalue weighted by Crippen LogP contribution is -1.91. The van der Waals surface area contributed by atoms with E-state index in [-0.39, 0.29) is 10.6 Å². The van der Waals surface area contributed by atoms with Crippen molar-refractivity contribution in [2.75, 3.05) is 0 Å². The third kappa shape index (κ3) is 1.44. The summed E-state index contributed by atoms with van der Waals surface area (Å²) >= 11 is 0. The van der Waals surface area contributed by atoms with Crippen LogP contribution in [-0.4, -0.2) is 4.92 Å². The van der Waals surface area contributed by atoms with Gasteiger partial charge in [-0.1, -0.05) is 30.3 Å². The van der Waals surface area contributed by atoms with E-state index in [9.17, 15) is 10.1 Å². The van der Waals surface area contributed by atoms with Gasteiger partial charge in [0.1, 0.15) is 0 Å². The third-order valence-electron chi connectivity index (χ3n) is 2.84. The highest BCUT2D eigenvalue weighted by Crippen LogP contribution is 2.33. The van der Waals surface area contributed by atoms with Gasteiger partial charge in [0.05, 0.1) is 15.7 Å². The number of fused-ring (bicyclic) bond motifs is 2. The second-order valence-electron chi connectivity index (χ2n) is 3.83. The first-order valence-electron chi connectivity index (χ1n) is 5.24. The molecule has 0 aliphatic heterocycles. The molecule has 0 saturated heterocycles. The second kappa shape index (κ2) is 3.56. The molecule has 3 aromatic carbocycles. The van der Waals surface area contributed by atoms with Gasteiger partial charge in [-0.05, 0) is 35.0 Å². The average molecular weight is 222 g/mol. The van der Waals surface area contributed by atoms with E-state index >= 15 is 0 Å². The van der Waals surface area contributed by atoms with Crippen molar-refractivity contribution in [3.8, 4) is 0 Å². The maximum absolute atomic E-state index is 11.2. The number of nitro groups is 1. The van der Waals surface area contributed by atoms with Gasteiger partial charge in [0.15, 0.2) is 0 Å². The van der Waals surface area contributed by atoms with Gasteiger partial charge in [-0.3, -0.25) is 10.1 Å². The maximum atomic E-state index is 11.2. The molecule has 0 spiro atoms. The Bertz CT molecular complexity index is 680. The molecule has 81 valence electrons. The molecule has 3 nitrogen and oxygen atoms in total. The van der Waals surface area contributed by atoms with E-state index in [0.29, 0.717) is 10.8 Å². The predicted molar refractivity (Wildman–Crippen MR) is 66.9 cm³/mol. The molecule has 17 heavy (non-hydrogen) atoms. The number of nitrogens with zero attached hydrogens (tertiary/aromatic N) is 1. The Morgan fingerprint density at radius 2 is 1.82 bits per heavy atom. The molecule has 0 unspecified atom stereocenters. The molecule has 3 heteroatoms. The molecule has 0 atom stereocenters. The lowest BCUT2D eigenvalue weighted by atomic mass is 10.0. The van der Waals surface area contributed by atoms with Gasteiger partial charge in [-0.2, -0.15) is 0 Å². The van der Waals surface area contributed by atoms with Crippen LogP contribution in [0, 0.1) is 16.2 Å². The standard InChI is InChI=1S/C14H8NO2/c16-15(17)14-12-7-3-1-5-10(12)9-11-6-2-4-8-13(11)14/h1-5,7-9H. The quantitative estimate of drug-likeness (QED) is 0.358. The van der Waals surface area contributed by atoms with Crippen molar-refractivity contribution in [3.63, 3.8) is 0 Å². The van der Waals surface area contributed by atoms with Crippen molar-refractivity contribution in [1.82, 2.24) is 0 Å². The van der Waals surface area contributed by atoms with Gasteiger partial charge in [-0.15, -0.1) is 0 Å². The summed E-state index contributed by atoms with van der Waals surface area (Å²) in [5, 5.41) is 14.2. The molecule has 0 amide bonds. The van der Waals surface area contributed by atoms with Gasteiger partial charge in [-0.25, -0.2) is 0 Å². The zero-order valence-corrected chi connectivity index (χ0v) is 8.88. The minimum absolute atomic E-state index is 0.162. The van der Waals surface area contributed by atoms with Gasteiger partial charge in [0.2, 0.25) is 0 Å².